The average molecular weight is 354 g/mol. The fraction of sp³-hybridized carbons (Fsp3) is 0.100. The molecule has 0 spiro atoms. The highest BCUT2D eigenvalue weighted by molar-refractivity contribution is 6.10. The Hall–Kier alpha value is -3.54. The highest BCUT2D eigenvalue weighted by Gasteiger charge is 2.05. The summed E-state index contributed by atoms with van der Waals surface area (Å²) in [4.78, 5) is 23.7. The van der Waals surface area contributed by atoms with Gasteiger partial charge >= 0.3 is 0 Å². The van der Waals surface area contributed by atoms with Crippen molar-refractivity contribution in [3.05, 3.63) is 59.7 Å². The highest BCUT2D eigenvalue weighted by Crippen LogP contribution is 2.26. The molecule has 2 rings (SSSR count). The third-order valence-corrected chi connectivity index (χ3v) is 3.40. The first-order chi connectivity index (χ1) is 12.4. The minimum Gasteiger partial charge on any atom is -0.508 e. The maximum atomic E-state index is 11.8. The second-order valence-electron chi connectivity index (χ2n) is 5.49. The number of carbonyl (C=O) groups is 2. The van der Waals surface area contributed by atoms with Gasteiger partial charge in [0.25, 0.3) is 0 Å². The van der Waals surface area contributed by atoms with Crippen LogP contribution in [0.1, 0.15) is 17.5 Å². The molecule has 0 fully saturated rings. The van der Waals surface area contributed by atoms with E-state index in [1.807, 2.05) is 0 Å². The topological polar surface area (TPSA) is 104 Å². The van der Waals surface area contributed by atoms with Crippen molar-refractivity contribution in [1.82, 2.24) is 0 Å². The molecule has 0 aromatic heterocycles. The molecule has 0 unspecified atom stereocenters. The Kier molecular flexibility index (Phi) is 6.16. The number of rotatable bonds is 7. The molecular weight excluding hydrogens is 336 g/mol. The largest absolute Gasteiger partial charge is 0.508 e. The van der Waals surface area contributed by atoms with Crippen molar-refractivity contribution in [2.75, 3.05) is 7.11 Å². The van der Waals surface area contributed by atoms with E-state index in [1.165, 1.54) is 55.7 Å². The normalized spacial score (nSPS) is 11.1. The molecule has 0 aliphatic carbocycles. The summed E-state index contributed by atoms with van der Waals surface area (Å²) in [5.74, 6) is -0.784. The van der Waals surface area contributed by atoms with Gasteiger partial charge in [-0.15, -0.1) is 0 Å². The molecule has 0 atom stereocenters. The van der Waals surface area contributed by atoms with Gasteiger partial charge in [0, 0.05) is 6.07 Å². The van der Waals surface area contributed by atoms with Crippen LogP contribution in [0.5, 0.6) is 23.0 Å². The van der Waals surface area contributed by atoms with E-state index in [1.54, 1.807) is 12.1 Å². The van der Waals surface area contributed by atoms with Gasteiger partial charge in [0.1, 0.15) is 11.5 Å². The lowest BCUT2D eigenvalue weighted by atomic mass is 10.1. The number of allylic oxidation sites excluding steroid dienone is 2. The van der Waals surface area contributed by atoms with E-state index in [-0.39, 0.29) is 23.7 Å². The molecule has 0 aliphatic rings. The molecule has 0 saturated heterocycles. The Balaban J connectivity index is 1.95. The number of methoxy groups -OCH3 is 1. The fourth-order valence-electron chi connectivity index (χ4n) is 2.19. The van der Waals surface area contributed by atoms with E-state index in [0.29, 0.717) is 16.9 Å². The Bertz CT molecular complexity index is 860. The van der Waals surface area contributed by atoms with E-state index < -0.39 is 11.6 Å². The van der Waals surface area contributed by atoms with Crippen molar-refractivity contribution >= 4 is 23.7 Å². The van der Waals surface area contributed by atoms with Gasteiger partial charge in [0.05, 0.1) is 13.5 Å². The molecule has 3 N–H and O–H groups in total. The predicted molar refractivity (Wildman–Crippen MR) is 97.1 cm³/mol. The van der Waals surface area contributed by atoms with Gasteiger partial charge in [-0.05, 0) is 47.5 Å². The molecule has 6 nitrogen and oxygen atoms in total. The number of benzene rings is 2. The summed E-state index contributed by atoms with van der Waals surface area (Å²) in [5.41, 5.74) is 1.03. The molecule has 0 aliphatic heterocycles. The van der Waals surface area contributed by atoms with Crippen LogP contribution >= 0.6 is 0 Å². The molecule has 26 heavy (non-hydrogen) atoms. The lowest BCUT2D eigenvalue weighted by molar-refractivity contribution is -0.121. The summed E-state index contributed by atoms with van der Waals surface area (Å²) in [6.45, 7) is 0. The predicted octanol–water partition coefficient (Wildman–Crippen LogP) is 3.07. The Morgan fingerprint density at radius 1 is 0.885 bits per heavy atom. The Morgan fingerprint density at radius 3 is 2.00 bits per heavy atom. The van der Waals surface area contributed by atoms with E-state index in [2.05, 4.69) is 0 Å². The summed E-state index contributed by atoms with van der Waals surface area (Å²) in [6, 6.07) is 8.60. The van der Waals surface area contributed by atoms with Gasteiger partial charge < -0.3 is 20.1 Å². The molecule has 2 aromatic carbocycles. The van der Waals surface area contributed by atoms with Gasteiger partial charge in [-0.3, -0.25) is 9.59 Å². The first-order valence-electron chi connectivity index (χ1n) is 7.69. The SMILES string of the molecule is COc1ccc(/C=C/C(=O)CC(=O)/C=C/c2cc(O)cc(O)c2)cc1O. The van der Waals surface area contributed by atoms with Crippen LogP contribution in [-0.2, 0) is 9.59 Å². The van der Waals surface area contributed by atoms with Crippen LogP contribution in [0.15, 0.2) is 48.6 Å². The number of hydrogen-bond acceptors (Lipinski definition) is 6. The lowest BCUT2D eigenvalue weighted by Crippen LogP contribution is -2.01. The molecule has 2 aromatic rings. The van der Waals surface area contributed by atoms with Crippen LogP contribution in [0.25, 0.3) is 12.2 Å². The maximum absolute atomic E-state index is 11.8. The maximum Gasteiger partial charge on any atom is 0.163 e. The third-order valence-electron chi connectivity index (χ3n) is 3.40. The van der Waals surface area contributed by atoms with Gasteiger partial charge in [-0.25, -0.2) is 0 Å². The molecule has 0 bridgehead atoms. The second kappa shape index (κ2) is 8.53. The molecule has 134 valence electrons. The highest BCUT2D eigenvalue weighted by atomic mass is 16.5. The van der Waals surface area contributed by atoms with E-state index >= 15 is 0 Å². The van der Waals surface area contributed by atoms with Crippen LogP contribution < -0.4 is 4.74 Å². The number of carbonyl (C=O) groups excluding carboxylic acids is 2. The van der Waals surface area contributed by atoms with Crippen molar-refractivity contribution in [3.63, 3.8) is 0 Å². The first kappa shape index (κ1) is 18.8. The van der Waals surface area contributed by atoms with E-state index in [4.69, 9.17) is 4.74 Å². The van der Waals surface area contributed by atoms with E-state index in [9.17, 15) is 24.9 Å². The van der Waals surface area contributed by atoms with Crippen molar-refractivity contribution in [3.8, 4) is 23.0 Å². The number of ketones is 2. The second-order valence-corrected chi connectivity index (χ2v) is 5.49. The zero-order chi connectivity index (χ0) is 19.1. The molecule has 6 heteroatoms. The summed E-state index contributed by atoms with van der Waals surface area (Å²) in [7, 11) is 1.44. The summed E-state index contributed by atoms with van der Waals surface area (Å²) in [5, 5.41) is 28.4. The zero-order valence-corrected chi connectivity index (χ0v) is 14.0. The van der Waals surface area contributed by atoms with Gasteiger partial charge in [-0.2, -0.15) is 0 Å². The summed E-state index contributed by atoms with van der Waals surface area (Å²) < 4.78 is 4.93. The number of phenols is 3. The molecular formula is C20H18O6. The van der Waals surface area contributed by atoms with Crippen molar-refractivity contribution in [2.24, 2.45) is 0 Å². The third kappa shape index (κ3) is 5.52. The minimum atomic E-state index is -0.417. The Morgan fingerprint density at radius 2 is 1.46 bits per heavy atom. The Labute approximate surface area is 150 Å². The van der Waals surface area contributed by atoms with Gasteiger partial charge in [-0.1, -0.05) is 18.2 Å². The number of aromatic hydroxyl groups is 3. The van der Waals surface area contributed by atoms with Gasteiger partial charge in [0.15, 0.2) is 23.1 Å². The summed E-state index contributed by atoms with van der Waals surface area (Å²) >= 11 is 0. The average Bonchev–Trinajstić information content (AvgIpc) is 2.57. The standard InChI is InChI=1S/C20H18O6/c1-26-20-7-4-13(10-19(20)25)2-5-15(21)11-16(22)6-3-14-8-17(23)12-18(24)9-14/h2-10,12,23-25H,11H2,1H3/b5-2+,6-3+. The van der Waals surface area contributed by atoms with Crippen LogP contribution in [-0.4, -0.2) is 34.0 Å². The van der Waals surface area contributed by atoms with Crippen molar-refractivity contribution in [2.45, 2.75) is 6.42 Å². The number of hydrogen-bond donors (Lipinski definition) is 3. The number of phenolic OH excluding ortho intramolecular Hbond substituents is 3. The monoisotopic (exact) mass is 354 g/mol. The van der Waals surface area contributed by atoms with Crippen molar-refractivity contribution < 1.29 is 29.6 Å². The van der Waals surface area contributed by atoms with Crippen LogP contribution in [0, 0.1) is 0 Å². The molecule has 0 saturated carbocycles. The first-order valence-corrected chi connectivity index (χ1v) is 7.69. The van der Waals surface area contributed by atoms with E-state index in [0.717, 1.165) is 0 Å². The van der Waals surface area contributed by atoms with Crippen LogP contribution in [0.4, 0.5) is 0 Å². The lowest BCUT2D eigenvalue weighted by Gasteiger charge is -2.03. The van der Waals surface area contributed by atoms with Gasteiger partial charge in [0.2, 0.25) is 0 Å². The number of ether oxygens (including phenoxy) is 1. The molecule has 0 amide bonds. The van der Waals surface area contributed by atoms with Crippen LogP contribution in [0.2, 0.25) is 0 Å². The van der Waals surface area contributed by atoms with Crippen LogP contribution in [0.3, 0.4) is 0 Å². The fourth-order valence-corrected chi connectivity index (χ4v) is 2.19. The smallest absolute Gasteiger partial charge is 0.163 e. The quantitative estimate of drug-likeness (QED) is 0.521. The molecule has 0 heterocycles. The zero-order valence-electron chi connectivity index (χ0n) is 14.0. The van der Waals surface area contributed by atoms with Crippen molar-refractivity contribution in [1.29, 1.82) is 0 Å². The summed E-state index contributed by atoms with van der Waals surface area (Å²) in [6.07, 6.45) is 5.04. The molecule has 0 radical (unpaired) electrons. The minimum absolute atomic E-state index is 0.0459.